The van der Waals surface area contributed by atoms with E-state index in [9.17, 15) is 0 Å². The molecule has 0 aromatic heterocycles. The summed E-state index contributed by atoms with van der Waals surface area (Å²) in [5.41, 5.74) is 0.141. The maximum Gasteiger partial charge on any atom is 0.0614 e. The average Bonchev–Trinajstić information content (AvgIpc) is 1.84. The molecular weight excluding hydrogens is 126 g/mol. The lowest BCUT2D eigenvalue weighted by molar-refractivity contribution is -0.00629. The van der Waals surface area contributed by atoms with Crippen molar-refractivity contribution in [3.63, 3.8) is 0 Å². The summed E-state index contributed by atoms with van der Waals surface area (Å²) in [5, 5.41) is 12.5. The molecule has 0 spiro atoms. The van der Waals surface area contributed by atoms with Crippen LogP contribution >= 0.6 is 0 Å². The lowest BCUT2D eigenvalue weighted by atomic mass is 9.67. The fourth-order valence-corrected chi connectivity index (χ4v) is 2.58. The molecule has 2 heteroatoms. The van der Waals surface area contributed by atoms with Crippen LogP contribution in [0.25, 0.3) is 0 Å². The Kier molecular flexibility index (Phi) is 1.29. The predicted octanol–water partition coefficient (Wildman–Crippen LogP) is 0.509. The van der Waals surface area contributed by atoms with Crippen molar-refractivity contribution in [2.75, 3.05) is 6.61 Å². The summed E-state index contributed by atoms with van der Waals surface area (Å²) in [6.07, 6.45) is 3.68. The van der Waals surface area contributed by atoms with Crippen molar-refractivity contribution in [1.82, 2.24) is 5.32 Å². The summed E-state index contributed by atoms with van der Waals surface area (Å²) in [5.74, 6) is 0.812. The SMILES string of the molecule is C[C@@H]1CC2CC(CO)(C1)N2. The van der Waals surface area contributed by atoms with Crippen LogP contribution in [0.3, 0.4) is 0 Å². The standard InChI is InChI=1S/C8H15NO/c1-6-2-7-4-8(3-6,5-10)9-7/h6-7,9-10H,2-5H2,1H3/t6-,7?,8?/m1/s1. The minimum atomic E-state index is 0.141. The van der Waals surface area contributed by atoms with Gasteiger partial charge < -0.3 is 10.4 Å². The van der Waals surface area contributed by atoms with E-state index < -0.39 is 0 Å². The van der Waals surface area contributed by atoms with Gasteiger partial charge in [0, 0.05) is 11.6 Å². The Balaban J connectivity index is 2.03. The number of aliphatic hydroxyl groups excluding tert-OH is 1. The van der Waals surface area contributed by atoms with Crippen molar-refractivity contribution in [3.05, 3.63) is 0 Å². The maximum atomic E-state index is 9.04. The highest BCUT2D eigenvalue weighted by atomic mass is 16.3. The Labute approximate surface area is 61.6 Å². The van der Waals surface area contributed by atoms with Gasteiger partial charge in [0.25, 0.3) is 0 Å². The van der Waals surface area contributed by atoms with Gasteiger partial charge in [-0.3, -0.25) is 0 Å². The Morgan fingerprint density at radius 1 is 1.60 bits per heavy atom. The van der Waals surface area contributed by atoms with Crippen LogP contribution in [0.1, 0.15) is 26.2 Å². The van der Waals surface area contributed by atoms with Gasteiger partial charge in [0.15, 0.2) is 0 Å². The van der Waals surface area contributed by atoms with E-state index in [1.165, 1.54) is 19.3 Å². The Morgan fingerprint density at radius 3 is 2.70 bits per heavy atom. The quantitative estimate of drug-likeness (QED) is 0.557. The normalized spacial score (nSPS) is 52.2. The molecule has 58 valence electrons. The number of fused-ring (bicyclic) bond motifs is 2. The van der Waals surface area contributed by atoms with Crippen LogP contribution in [0.5, 0.6) is 0 Å². The second-order valence-electron chi connectivity index (χ2n) is 4.03. The molecule has 2 heterocycles. The van der Waals surface area contributed by atoms with Gasteiger partial charge in [-0.15, -0.1) is 0 Å². The first kappa shape index (κ1) is 6.62. The zero-order chi connectivity index (χ0) is 7.19. The van der Waals surface area contributed by atoms with Gasteiger partial charge in [0.2, 0.25) is 0 Å². The summed E-state index contributed by atoms with van der Waals surface area (Å²) < 4.78 is 0. The van der Waals surface area contributed by atoms with E-state index >= 15 is 0 Å². The van der Waals surface area contributed by atoms with E-state index in [1.54, 1.807) is 0 Å². The van der Waals surface area contributed by atoms with E-state index in [2.05, 4.69) is 12.2 Å². The number of hydrogen-bond acceptors (Lipinski definition) is 2. The van der Waals surface area contributed by atoms with Gasteiger partial charge in [-0.05, 0) is 25.2 Å². The van der Waals surface area contributed by atoms with Crippen LogP contribution in [0, 0.1) is 5.92 Å². The smallest absolute Gasteiger partial charge is 0.0614 e. The first-order valence-electron chi connectivity index (χ1n) is 4.13. The summed E-state index contributed by atoms with van der Waals surface area (Å²) in [6.45, 7) is 2.60. The van der Waals surface area contributed by atoms with Gasteiger partial charge >= 0.3 is 0 Å². The van der Waals surface area contributed by atoms with E-state index in [1.807, 2.05) is 0 Å². The molecule has 10 heavy (non-hydrogen) atoms. The maximum absolute atomic E-state index is 9.04. The molecule has 3 aliphatic rings. The monoisotopic (exact) mass is 141 g/mol. The number of rotatable bonds is 1. The summed E-state index contributed by atoms with van der Waals surface area (Å²) in [6, 6.07) is 0.718. The number of piperidine rings is 1. The molecule has 3 atom stereocenters. The molecule has 3 fully saturated rings. The van der Waals surface area contributed by atoms with E-state index in [4.69, 9.17) is 5.11 Å². The summed E-state index contributed by atoms with van der Waals surface area (Å²) in [7, 11) is 0. The highest BCUT2D eigenvalue weighted by Crippen LogP contribution is 2.40. The Hall–Kier alpha value is -0.0800. The van der Waals surface area contributed by atoms with Gasteiger partial charge in [-0.2, -0.15) is 0 Å². The van der Waals surface area contributed by atoms with Crippen LogP contribution in [0.15, 0.2) is 0 Å². The van der Waals surface area contributed by atoms with Gasteiger partial charge in [-0.1, -0.05) is 6.92 Å². The molecule has 3 rings (SSSR count). The van der Waals surface area contributed by atoms with Crippen molar-refractivity contribution in [2.45, 2.75) is 37.8 Å². The predicted molar refractivity (Wildman–Crippen MR) is 39.8 cm³/mol. The zero-order valence-electron chi connectivity index (χ0n) is 6.43. The molecule has 0 radical (unpaired) electrons. The summed E-state index contributed by atoms with van der Waals surface area (Å²) in [4.78, 5) is 0. The number of aliphatic hydroxyl groups is 1. The second kappa shape index (κ2) is 1.95. The summed E-state index contributed by atoms with van der Waals surface area (Å²) >= 11 is 0. The minimum Gasteiger partial charge on any atom is -0.394 e. The molecule has 1 saturated carbocycles. The first-order chi connectivity index (χ1) is 4.74. The number of nitrogens with one attached hydrogen (secondary N) is 1. The number of hydrogen-bond donors (Lipinski definition) is 2. The average molecular weight is 141 g/mol. The Bertz CT molecular complexity index is 140. The van der Waals surface area contributed by atoms with Crippen LogP contribution < -0.4 is 5.32 Å². The molecule has 2 aliphatic heterocycles. The van der Waals surface area contributed by atoms with E-state index in [0.29, 0.717) is 6.61 Å². The van der Waals surface area contributed by atoms with E-state index in [0.717, 1.165) is 12.0 Å². The fourth-order valence-electron chi connectivity index (χ4n) is 2.58. The molecule has 2 saturated heterocycles. The molecule has 0 aromatic rings. The van der Waals surface area contributed by atoms with Crippen molar-refractivity contribution in [1.29, 1.82) is 0 Å². The van der Waals surface area contributed by atoms with Crippen LogP contribution in [-0.4, -0.2) is 23.3 Å². The molecule has 2 bridgehead atoms. The lowest BCUT2D eigenvalue weighted by Gasteiger charge is -2.55. The third-order valence-electron chi connectivity index (χ3n) is 2.88. The molecular formula is C8H15NO. The zero-order valence-corrected chi connectivity index (χ0v) is 6.43. The lowest BCUT2D eigenvalue weighted by Crippen LogP contribution is -2.69. The first-order valence-corrected chi connectivity index (χ1v) is 4.13. The molecule has 1 aliphatic carbocycles. The van der Waals surface area contributed by atoms with Gasteiger partial charge in [-0.25, -0.2) is 0 Å². The topological polar surface area (TPSA) is 32.3 Å². The molecule has 0 aromatic carbocycles. The van der Waals surface area contributed by atoms with Crippen molar-refractivity contribution >= 4 is 0 Å². The Morgan fingerprint density at radius 2 is 2.30 bits per heavy atom. The van der Waals surface area contributed by atoms with Crippen LogP contribution in [0.2, 0.25) is 0 Å². The molecule has 2 unspecified atom stereocenters. The van der Waals surface area contributed by atoms with E-state index in [-0.39, 0.29) is 5.54 Å². The van der Waals surface area contributed by atoms with Crippen molar-refractivity contribution in [3.8, 4) is 0 Å². The van der Waals surface area contributed by atoms with Crippen LogP contribution in [-0.2, 0) is 0 Å². The molecule has 2 nitrogen and oxygen atoms in total. The second-order valence-corrected chi connectivity index (χ2v) is 4.03. The highest BCUT2D eigenvalue weighted by Gasteiger charge is 2.48. The minimum absolute atomic E-state index is 0.141. The van der Waals surface area contributed by atoms with Gasteiger partial charge in [0.1, 0.15) is 0 Å². The molecule has 2 N–H and O–H groups in total. The largest absolute Gasteiger partial charge is 0.394 e. The van der Waals surface area contributed by atoms with Crippen LogP contribution in [0.4, 0.5) is 0 Å². The third-order valence-corrected chi connectivity index (χ3v) is 2.88. The molecule has 0 amide bonds. The van der Waals surface area contributed by atoms with Crippen molar-refractivity contribution < 1.29 is 5.11 Å². The fraction of sp³-hybridized carbons (Fsp3) is 1.00. The van der Waals surface area contributed by atoms with Crippen molar-refractivity contribution in [2.24, 2.45) is 5.92 Å². The highest BCUT2D eigenvalue weighted by molar-refractivity contribution is 5.08. The third kappa shape index (κ3) is 0.789. The van der Waals surface area contributed by atoms with Gasteiger partial charge in [0.05, 0.1) is 6.61 Å².